The number of aromatic nitrogens is 1. The Kier molecular flexibility index (Phi) is 3.03. The van der Waals surface area contributed by atoms with E-state index in [1.165, 1.54) is 25.9 Å². The molecule has 1 atom stereocenters. The van der Waals surface area contributed by atoms with E-state index in [-0.39, 0.29) is 12.4 Å². The lowest BCUT2D eigenvalue weighted by atomic mass is 9.79. The van der Waals surface area contributed by atoms with Crippen LogP contribution < -0.4 is 0 Å². The maximum atomic E-state index is 5.52. The van der Waals surface area contributed by atoms with Crippen LogP contribution in [0, 0.1) is 12.8 Å². The van der Waals surface area contributed by atoms with Crippen molar-refractivity contribution in [2.75, 3.05) is 19.6 Å². The van der Waals surface area contributed by atoms with Crippen molar-refractivity contribution in [1.29, 1.82) is 0 Å². The first-order chi connectivity index (χ1) is 6.83. The molecule has 0 saturated carbocycles. The highest BCUT2D eigenvalue weighted by Gasteiger charge is 2.37. The summed E-state index contributed by atoms with van der Waals surface area (Å²) in [4.78, 5) is 6.99. The summed E-state index contributed by atoms with van der Waals surface area (Å²) in [5, 5.41) is 0. The largest absolute Gasteiger partial charge is 0.448 e. The lowest BCUT2D eigenvalue weighted by Gasteiger charge is -2.43. The minimum atomic E-state index is 0. The average molecular weight is 229 g/mol. The average Bonchev–Trinajstić information content (AvgIpc) is 2.66. The van der Waals surface area contributed by atoms with Gasteiger partial charge in [-0.05, 0) is 38.8 Å². The van der Waals surface area contributed by atoms with E-state index in [1.807, 2.05) is 6.92 Å². The maximum absolute atomic E-state index is 5.52. The predicted octanol–water partition coefficient (Wildman–Crippen LogP) is 2.21. The van der Waals surface area contributed by atoms with Crippen molar-refractivity contribution < 1.29 is 4.42 Å². The quantitative estimate of drug-likeness (QED) is 0.738. The monoisotopic (exact) mass is 228 g/mol. The highest BCUT2D eigenvalue weighted by molar-refractivity contribution is 5.85. The molecular formula is C11H17ClN2O. The first kappa shape index (κ1) is 11.0. The SMILES string of the molecule is Cc1coc(C2CN3CCC2CC3)n1.Cl. The Morgan fingerprint density at radius 1 is 1.40 bits per heavy atom. The van der Waals surface area contributed by atoms with Crippen molar-refractivity contribution in [2.24, 2.45) is 5.92 Å². The second-order valence-electron chi connectivity index (χ2n) is 4.57. The highest BCUT2D eigenvalue weighted by Crippen LogP contribution is 2.38. The van der Waals surface area contributed by atoms with Crippen molar-refractivity contribution in [3.05, 3.63) is 17.8 Å². The van der Waals surface area contributed by atoms with Crippen LogP contribution in [0.3, 0.4) is 0 Å². The number of piperidine rings is 3. The van der Waals surface area contributed by atoms with Gasteiger partial charge in [-0.2, -0.15) is 0 Å². The summed E-state index contributed by atoms with van der Waals surface area (Å²) in [5.74, 6) is 2.35. The lowest BCUT2D eigenvalue weighted by molar-refractivity contribution is 0.0756. The van der Waals surface area contributed by atoms with Gasteiger partial charge in [0.2, 0.25) is 0 Å². The Labute approximate surface area is 96.3 Å². The van der Waals surface area contributed by atoms with E-state index < -0.39 is 0 Å². The molecule has 0 aromatic carbocycles. The molecule has 3 nitrogen and oxygen atoms in total. The smallest absolute Gasteiger partial charge is 0.198 e. The molecule has 1 aromatic rings. The fourth-order valence-corrected chi connectivity index (χ4v) is 2.79. The van der Waals surface area contributed by atoms with Crippen LogP contribution in [0.25, 0.3) is 0 Å². The Morgan fingerprint density at radius 3 is 2.60 bits per heavy atom. The molecule has 4 heterocycles. The van der Waals surface area contributed by atoms with Crippen LogP contribution in [0.5, 0.6) is 0 Å². The first-order valence-corrected chi connectivity index (χ1v) is 5.47. The van der Waals surface area contributed by atoms with Crippen LogP contribution in [0.2, 0.25) is 0 Å². The van der Waals surface area contributed by atoms with Gasteiger partial charge in [0, 0.05) is 6.54 Å². The van der Waals surface area contributed by atoms with E-state index in [0.717, 1.165) is 24.0 Å². The molecule has 0 amide bonds. The van der Waals surface area contributed by atoms with E-state index in [9.17, 15) is 0 Å². The number of hydrogen-bond donors (Lipinski definition) is 0. The number of nitrogens with zero attached hydrogens (tertiary/aromatic N) is 2. The van der Waals surface area contributed by atoms with Crippen LogP contribution in [-0.4, -0.2) is 29.5 Å². The summed E-state index contributed by atoms with van der Waals surface area (Å²) in [7, 11) is 0. The molecule has 15 heavy (non-hydrogen) atoms. The minimum absolute atomic E-state index is 0. The van der Waals surface area contributed by atoms with Crippen molar-refractivity contribution >= 4 is 12.4 Å². The van der Waals surface area contributed by atoms with Gasteiger partial charge in [0.25, 0.3) is 0 Å². The van der Waals surface area contributed by atoms with Gasteiger partial charge in [-0.25, -0.2) is 4.98 Å². The molecule has 3 aliphatic heterocycles. The van der Waals surface area contributed by atoms with Gasteiger partial charge < -0.3 is 9.32 Å². The van der Waals surface area contributed by atoms with Crippen molar-refractivity contribution in [1.82, 2.24) is 9.88 Å². The number of hydrogen-bond acceptors (Lipinski definition) is 3. The first-order valence-electron chi connectivity index (χ1n) is 5.47. The molecule has 3 fully saturated rings. The van der Waals surface area contributed by atoms with Crippen LogP contribution >= 0.6 is 12.4 Å². The standard InChI is InChI=1S/C11H16N2O.ClH/c1-8-7-14-11(12-8)10-6-13-4-2-9(10)3-5-13;/h7,9-10H,2-6H2,1H3;1H. The molecule has 0 spiro atoms. The zero-order chi connectivity index (χ0) is 9.54. The van der Waals surface area contributed by atoms with E-state index in [0.29, 0.717) is 5.92 Å². The van der Waals surface area contributed by atoms with Gasteiger partial charge in [0.05, 0.1) is 11.6 Å². The predicted molar refractivity (Wildman–Crippen MR) is 60.4 cm³/mol. The van der Waals surface area contributed by atoms with Gasteiger partial charge >= 0.3 is 0 Å². The summed E-state index contributed by atoms with van der Waals surface area (Å²) in [6.45, 7) is 5.71. The van der Waals surface area contributed by atoms with Crippen LogP contribution in [0.1, 0.15) is 30.3 Å². The third-order valence-electron chi connectivity index (χ3n) is 3.61. The number of rotatable bonds is 1. The summed E-state index contributed by atoms with van der Waals surface area (Å²) >= 11 is 0. The normalized spacial score (nSPS) is 33.8. The second kappa shape index (κ2) is 4.14. The van der Waals surface area contributed by atoms with Crippen molar-refractivity contribution in [3.8, 4) is 0 Å². The number of aryl methyl sites for hydroxylation is 1. The minimum Gasteiger partial charge on any atom is -0.448 e. The molecule has 0 radical (unpaired) electrons. The topological polar surface area (TPSA) is 29.3 Å². The van der Waals surface area contributed by atoms with Gasteiger partial charge in [0.15, 0.2) is 5.89 Å². The van der Waals surface area contributed by atoms with Crippen molar-refractivity contribution in [3.63, 3.8) is 0 Å². The van der Waals surface area contributed by atoms with E-state index >= 15 is 0 Å². The fraction of sp³-hybridized carbons (Fsp3) is 0.727. The molecule has 1 aromatic heterocycles. The lowest BCUT2D eigenvalue weighted by Crippen LogP contribution is -2.46. The van der Waals surface area contributed by atoms with Gasteiger partial charge in [-0.3, -0.25) is 0 Å². The van der Waals surface area contributed by atoms with E-state index in [1.54, 1.807) is 6.26 Å². The van der Waals surface area contributed by atoms with E-state index in [4.69, 9.17) is 4.42 Å². The molecule has 1 unspecified atom stereocenters. The molecular weight excluding hydrogens is 212 g/mol. The van der Waals surface area contributed by atoms with Gasteiger partial charge in [-0.15, -0.1) is 12.4 Å². The molecule has 2 bridgehead atoms. The Morgan fingerprint density at radius 2 is 2.13 bits per heavy atom. The van der Waals surface area contributed by atoms with Gasteiger partial charge in [0.1, 0.15) is 6.26 Å². The zero-order valence-corrected chi connectivity index (χ0v) is 9.80. The van der Waals surface area contributed by atoms with Crippen LogP contribution in [-0.2, 0) is 0 Å². The summed E-state index contributed by atoms with van der Waals surface area (Å²) in [6.07, 6.45) is 4.42. The van der Waals surface area contributed by atoms with Crippen LogP contribution in [0.4, 0.5) is 0 Å². The third-order valence-corrected chi connectivity index (χ3v) is 3.61. The number of halogens is 1. The summed E-state index contributed by atoms with van der Waals surface area (Å²) in [5.41, 5.74) is 1.01. The summed E-state index contributed by atoms with van der Waals surface area (Å²) in [6, 6.07) is 0. The molecule has 0 aliphatic carbocycles. The number of oxazole rings is 1. The molecule has 84 valence electrons. The fourth-order valence-electron chi connectivity index (χ4n) is 2.79. The maximum Gasteiger partial charge on any atom is 0.198 e. The number of fused-ring (bicyclic) bond motifs is 3. The zero-order valence-electron chi connectivity index (χ0n) is 8.98. The second-order valence-corrected chi connectivity index (χ2v) is 4.57. The molecule has 4 rings (SSSR count). The summed E-state index contributed by atoms with van der Waals surface area (Å²) < 4.78 is 5.52. The molecule has 0 N–H and O–H groups in total. The molecule has 3 saturated heterocycles. The highest BCUT2D eigenvalue weighted by atomic mass is 35.5. The van der Waals surface area contributed by atoms with E-state index in [2.05, 4.69) is 9.88 Å². The Bertz CT molecular complexity index is 331. The van der Waals surface area contributed by atoms with Gasteiger partial charge in [-0.1, -0.05) is 0 Å². The molecule has 3 aliphatic rings. The van der Waals surface area contributed by atoms with Crippen molar-refractivity contribution in [2.45, 2.75) is 25.7 Å². The Hall–Kier alpha value is -0.540. The Balaban J connectivity index is 0.000000853. The molecule has 4 heteroatoms. The van der Waals surface area contributed by atoms with Crippen LogP contribution in [0.15, 0.2) is 10.7 Å². The third kappa shape index (κ3) is 1.91.